The highest BCUT2D eigenvalue weighted by Crippen LogP contribution is 2.50. The van der Waals surface area contributed by atoms with Crippen molar-refractivity contribution in [3.63, 3.8) is 0 Å². The third-order valence-corrected chi connectivity index (χ3v) is 3.74. The lowest BCUT2D eigenvalue weighted by Gasteiger charge is -2.35. The third kappa shape index (κ3) is 1.11. The van der Waals surface area contributed by atoms with E-state index in [9.17, 15) is 4.79 Å². The van der Waals surface area contributed by atoms with Crippen LogP contribution in [0.4, 0.5) is 0 Å². The number of Topliss-reactive ketones (excluding diaryl/α,β-unsaturated/α-hetero) is 1. The van der Waals surface area contributed by atoms with Gasteiger partial charge in [0.2, 0.25) is 0 Å². The highest BCUT2D eigenvalue weighted by Gasteiger charge is 2.42. The fourth-order valence-corrected chi connectivity index (χ4v) is 2.78. The summed E-state index contributed by atoms with van der Waals surface area (Å²) < 4.78 is 0. The summed E-state index contributed by atoms with van der Waals surface area (Å²) in [6.45, 7) is 2.37. The number of fused-ring (bicyclic) bond motifs is 1. The Morgan fingerprint density at radius 1 is 1.45 bits per heavy atom. The van der Waals surface area contributed by atoms with E-state index in [0.717, 1.165) is 25.2 Å². The first-order valence-electron chi connectivity index (χ1n) is 4.72. The van der Waals surface area contributed by atoms with E-state index in [4.69, 9.17) is 0 Å². The lowest BCUT2D eigenvalue weighted by atomic mass is 9.69. The van der Waals surface area contributed by atoms with E-state index in [0.29, 0.717) is 11.2 Å². The molecule has 62 valence electrons. The zero-order chi connectivity index (χ0) is 7.90. The van der Waals surface area contributed by atoms with Crippen LogP contribution in [0.25, 0.3) is 0 Å². The summed E-state index contributed by atoms with van der Waals surface area (Å²) in [6.07, 6.45) is 6.93. The normalized spacial score (nSPS) is 44.1. The number of carbonyl (C=O) groups excluding carboxylic acids is 1. The van der Waals surface area contributed by atoms with Crippen LogP contribution in [0, 0.1) is 11.3 Å². The van der Waals surface area contributed by atoms with Crippen molar-refractivity contribution in [2.24, 2.45) is 11.3 Å². The summed E-state index contributed by atoms with van der Waals surface area (Å²) in [5.74, 6) is 1.25. The summed E-state index contributed by atoms with van der Waals surface area (Å²) in [7, 11) is 0. The molecule has 0 unspecified atom stereocenters. The van der Waals surface area contributed by atoms with E-state index < -0.39 is 0 Å². The van der Waals surface area contributed by atoms with Crippen LogP contribution in [0.3, 0.4) is 0 Å². The first kappa shape index (κ1) is 7.33. The lowest BCUT2D eigenvalue weighted by molar-refractivity contribution is -0.124. The predicted molar refractivity (Wildman–Crippen MR) is 44.3 cm³/mol. The summed E-state index contributed by atoms with van der Waals surface area (Å²) in [5, 5.41) is 0. The van der Waals surface area contributed by atoms with Gasteiger partial charge in [-0.2, -0.15) is 0 Å². The largest absolute Gasteiger partial charge is 0.300 e. The molecule has 0 bridgehead atoms. The highest BCUT2D eigenvalue weighted by molar-refractivity contribution is 5.79. The van der Waals surface area contributed by atoms with Crippen molar-refractivity contribution in [1.82, 2.24) is 0 Å². The lowest BCUT2D eigenvalue weighted by Crippen LogP contribution is -2.29. The molecule has 0 N–H and O–H groups in total. The smallest absolute Gasteiger partial charge is 0.133 e. The van der Waals surface area contributed by atoms with Crippen LogP contribution in [0.15, 0.2) is 0 Å². The molecule has 0 aromatic carbocycles. The molecule has 2 aliphatic rings. The molecule has 2 atom stereocenters. The molecule has 0 heterocycles. The van der Waals surface area contributed by atoms with Crippen LogP contribution < -0.4 is 0 Å². The van der Waals surface area contributed by atoms with Crippen molar-refractivity contribution in [2.45, 2.75) is 45.4 Å². The highest BCUT2D eigenvalue weighted by atomic mass is 16.1. The first-order valence-corrected chi connectivity index (χ1v) is 4.72. The van der Waals surface area contributed by atoms with Crippen LogP contribution in [-0.4, -0.2) is 5.78 Å². The SMILES string of the molecule is C[C@@]12CCC[C@H]1CC(=O)CC2. The van der Waals surface area contributed by atoms with E-state index in [1.165, 1.54) is 19.3 Å². The third-order valence-electron chi connectivity index (χ3n) is 3.74. The molecule has 2 aliphatic carbocycles. The van der Waals surface area contributed by atoms with E-state index in [1.807, 2.05) is 0 Å². The minimum Gasteiger partial charge on any atom is -0.300 e. The van der Waals surface area contributed by atoms with Gasteiger partial charge in [0.1, 0.15) is 5.78 Å². The van der Waals surface area contributed by atoms with E-state index >= 15 is 0 Å². The molecule has 0 saturated heterocycles. The van der Waals surface area contributed by atoms with Crippen LogP contribution in [-0.2, 0) is 4.79 Å². The van der Waals surface area contributed by atoms with Gasteiger partial charge in [-0.15, -0.1) is 0 Å². The minimum absolute atomic E-state index is 0.509. The Morgan fingerprint density at radius 2 is 2.27 bits per heavy atom. The zero-order valence-electron chi connectivity index (χ0n) is 7.23. The van der Waals surface area contributed by atoms with Gasteiger partial charge >= 0.3 is 0 Å². The summed E-state index contributed by atoms with van der Waals surface area (Å²) in [4.78, 5) is 11.1. The molecule has 0 aromatic rings. The number of hydrogen-bond acceptors (Lipinski definition) is 1. The second kappa shape index (κ2) is 2.33. The molecular formula is C10H16O. The van der Waals surface area contributed by atoms with Crippen LogP contribution in [0.2, 0.25) is 0 Å². The molecule has 0 aromatic heterocycles. The molecule has 2 rings (SSSR count). The number of ketones is 1. The molecule has 0 amide bonds. The topological polar surface area (TPSA) is 17.1 Å². The molecule has 2 fully saturated rings. The fourth-order valence-electron chi connectivity index (χ4n) is 2.78. The molecule has 0 radical (unpaired) electrons. The second-order valence-corrected chi connectivity index (χ2v) is 4.49. The first-order chi connectivity index (χ1) is 5.21. The average molecular weight is 152 g/mol. The molecule has 0 spiro atoms. The monoisotopic (exact) mass is 152 g/mol. The Labute approximate surface area is 68.2 Å². The Balaban J connectivity index is 2.14. The minimum atomic E-state index is 0.509. The van der Waals surface area contributed by atoms with E-state index in [1.54, 1.807) is 0 Å². The van der Waals surface area contributed by atoms with Crippen molar-refractivity contribution in [2.75, 3.05) is 0 Å². The van der Waals surface area contributed by atoms with Gasteiger partial charge in [-0.1, -0.05) is 13.3 Å². The Kier molecular flexibility index (Phi) is 1.55. The molecule has 2 saturated carbocycles. The van der Waals surface area contributed by atoms with Crippen LogP contribution in [0.1, 0.15) is 45.4 Å². The maximum absolute atomic E-state index is 11.1. The van der Waals surface area contributed by atoms with E-state index in [2.05, 4.69) is 6.92 Å². The number of hydrogen-bond donors (Lipinski definition) is 0. The Morgan fingerprint density at radius 3 is 3.09 bits per heavy atom. The summed E-state index contributed by atoms with van der Waals surface area (Å²) in [5.41, 5.74) is 0.550. The average Bonchev–Trinajstić information content (AvgIpc) is 2.31. The molecule has 1 heteroatoms. The van der Waals surface area contributed by atoms with Gasteiger partial charge in [0.15, 0.2) is 0 Å². The second-order valence-electron chi connectivity index (χ2n) is 4.49. The molecule has 1 nitrogen and oxygen atoms in total. The van der Waals surface area contributed by atoms with Crippen molar-refractivity contribution < 1.29 is 4.79 Å². The predicted octanol–water partition coefficient (Wildman–Crippen LogP) is 2.55. The Hall–Kier alpha value is -0.330. The fraction of sp³-hybridized carbons (Fsp3) is 0.900. The number of rotatable bonds is 0. The molecular weight excluding hydrogens is 136 g/mol. The van der Waals surface area contributed by atoms with Crippen molar-refractivity contribution in [3.05, 3.63) is 0 Å². The quantitative estimate of drug-likeness (QED) is 0.521. The number of carbonyl (C=O) groups is 1. The molecule has 11 heavy (non-hydrogen) atoms. The van der Waals surface area contributed by atoms with Gasteiger partial charge in [0, 0.05) is 12.8 Å². The summed E-state index contributed by atoms with van der Waals surface area (Å²) >= 11 is 0. The van der Waals surface area contributed by atoms with Crippen molar-refractivity contribution in [3.8, 4) is 0 Å². The van der Waals surface area contributed by atoms with Crippen LogP contribution >= 0.6 is 0 Å². The summed E-state index contributed by atoms with van der Waals surface area (Å²) in [6, 6.07) is 0. The van der Waals surface area contributed by atoms with Gasteiger partial charge in [-0.05, 0) is 30.6 Å². The standard InChI is InChI=1S/C10H16O/c1-10-5-2-3-8(10)7-9(11)4-6-10/h8H,2-7H2,1H3/t8-,10-/m0/s1. The van der Waals surface area contributed by atoms with Gasteiger partial charge in [0.25, 0.3) is 0 Å². The zero-order valence-corrected chi connectivity index (χ0v) is 7.23. The Bertz CT molecular complexity index is 185. The van der Waals surface area contributed by atoms with Gasteiger partial charge in [-0.3, -0.25) is 4.79 Å². The van der Waals surface area contributed by atoms with Crippen LogP contribution in [0.5, 0.6) is 0 Å². The van der Waals surface area contributed by atoms with E-state index in [-0.39, 0.29) is 0 Å². The van der Waals surface area contributed by atoms with Gasteiger partial charge in [-0.25, -0.2) is 0 Å². The molecule has 0 aliphatic heterocycles. The maximum Gasteiger partial charge on any atom is 0.133 e. The van der Waals surface area contributed by atoms with Gasteiger partial charge in [0.05, 0.1) is 0 Å². The van der Waals surface area contributed by atoms with Crippen molar-refractivity contribution >= 4 is 5.78 Å². The maximum atomic E-state index is 11.1. The van der Waals surface area contributed by atoms with Gasteiger partial charge < -0.3 is 0 Å². The van der Waals surface area contributed by atoms with Crippen molar-refractivity contribution in [1.29, 1.82) is 0 Å².